The SMILES string of the molecule is Cc1ccc(C(=O)NCCN(C)C)cc1F. The Bertz CT molecular complexity index is 377. The summed E-state index contributed by atoms with van der Waals surface area (Å²) in [4.78, 5) is 13.6. The van der Waals surface area contributed by atoms with Crippen molar-refractivity contribution in [3.05, 3.63) is 35.1 Å². The zero-order valence-electron chi connectivity index (χ0n) is 9.88. The molecule has 1 aromatic rings. The Hall–Kier alpha value is -1.42. The van der Waals surface area contributed by atoms with Gasteiger partial charge in [0.2, 0.25) is 0 Å². The number of benzene rings is 1. The fraction of sp³-hybridized carbons (Fsp3) is 0.417. The van der Waals surface area contributed by atoms with Gasteiger partial charge in [0.15, 0.2) is 0 Å². The van der Waals surface area contributed by atoms with E-state index in [1.807, 2.05) is 19.0 Å². The topological polar surface area (TPSA) is 32.3 Å². The maximum Gasteiger partial charge on any atom is 0.251 e. The predicted molar refractivity (Wildman–Crippen MR) is 62.0 cm³/mol. The van der Waals surface area contributed by atoms with Crippen LogP contribution in [0.25, 0.3) is 0 Å². The van der Waals surface area contributed by atoms with Crippen LogP contribution in [0.2, 0.25) is 0 Å². The Morgan fingerprint density at radius 1 is 1.44 bits per heavy atom. The van der Waals surface area contributed by atoms with Crippen molar-refractivity contribution >= 4 is 5.91 Å². The van der Waals surface area contributed by atoms with Crippen molar-refractivity contribution in [3.63, 3.8) is 0 Å². The summed E-state index contributed by atoms with van der Waals surface area (Å²) in [7, 11) is 3.86. The highest BCUT2D eigenvalue weighted by atomic mass is 19.1. The third-order valence-corrected chi connectivity index (χ3v) is 2.28. The van der Waals surface area contributed by atoms with E-state index in [-0.39, 0.29) is 11.7 Å². The number of carbonyl (C=O) groups excluding carboxylic acids is 1. The van der Waals surface area contributed by atoms with E-state index in [1.54, 1.807) is 19.1 Å². The number of aryl methyl sites for hydroxylation is 1. The van der Waals surface area contributed by atoms with E-state index in [0.29, 0.717) is 17.7 Å². The van der Waals surface area contributed by atoms with Gasteiger partial charge in [-0.3, -0.25) is 4.79 Å². The van der Waals surface area contributed by atoms with E-state index in [1.165, 1.54) is 6.07 Å². The van der Waals surface area contributed by atoms with Gasteiger partial charge in [-0.2, -0.15) is 0 Å². The standard InChI is InChI=1S/C12H17FN2O/c1-9-4-5-10(8-11(9)13)12(16)14-6-7-15(2)3/h4-5,8H,6-7H2,1-3H3,(H,14,16). The number of amides is 1. The van der Waals surface area contributed by atoms with Crippen molar-refractivity contribution in [2.24, 2.45) is 0 Å². The van der Waals surface area contributed by atoms with Gasteiger partial charge in [-0.05, 0) is 38.7 Å². The van der Waals surface area contributed by atoms with Crippen LogP contribution in [-0.2, 0) is 0 Å². The van der Waals surface area contributed by atoms with Crippen molar-refractivity contribution in [3.8, 4) is 0 Å². The Kier molecular flexibility index (Phi) is 4.43. The van der Waals surface area contributed by atoms with E-state index < -0.39 is 0 Å². The predicted octanol–water partition coefficient (Wildman–Crippen LogP) is 1.43. The van der Waals surface area contributed by atoms with Gasteiger partial charge in [-0.15, -0.1) is 0 Å². The third-order valence-electron chi connectivity index (χ3n) is 2.28. The number of carbonyl (C=O) groups is 1. The van der Waals surface area contributed by atoms with Crippen LogP contribution in [-0.4, -0.2) is 38.0 Å². The fourth-order valence-electron chi connectivity index (χ4n) is 1.23. The summed E-state index contributed by atoms with van der Waals surface area (Å²) in [5.41, 5.74) is 0.909. The maximum atomic E-state index is 13.2. The molecule has 1 aromatic carbocycles. The molecule has 0 aliphatic rings. The van der Waals surface area contributed by atoms with Crippen molar-refractivity contribution in [1.29, 1.82) is 0 Å². The molecule has 16 heavy (non-hydrogen) atoms. The number of likely N-dealkylation sites (N-methyl/N-ethyl adjacent to an activating group) is 1. The summed E-state index contributed by atoms with van der Waals surface area (Å²) < 4.78 is 13.2. The molecular weight excluding hydrogens is 207 g/mol. The molecule has 0 fully saturated rings. The smallest absolute Gasteiger partial charge is 0.251 e. The number of nitrogens with zero attached hydrogens (tertiary/aromatic N) is 1. The summed E-state index contributed by atoms with van der Waals surface area (Å²) >= 11 is 0. The molecule has 0 bridgehead atoms. The second-order valence-electron chi connectivity index (χ2n) is 4.02. The van der Waals surface area contributed by atoms with Gasteiger partial charge in [-0.25, -0.2) is 4.39 Å². The summed E-state index contributed by atoms with van der Waals surface area (Å²) in [5.74, 6) is -0.582. The quantitative estimate of drug-likeness (QED) is 0.839. The minimum Gasteiger partial charge on any atom is -0.351 e. The molecule has 0 aliphatic heterocycles. The number of halogens is 1. The van der Waals surface area contributed by atoms with E-state index >= 15 is 0 Å². The van der Waals surface area contributed by atoms with E-state index in [9.17, 15) is 9.18 Å². The lowest BCUT2D eigenvalue weighted by Gasteiger charge is -2.10. The normalized spacial score (nSPS) is 10.6. The highest BCUT2D eigenvalue weighted by Gasteiger charge is 2.07. The largest absolute Gasteiger partial charge is 0.351 e. The van der Waals surface area contributed by atoms with Crippen molar-refractivity contribution in [2.45, 2.75) is 6.92 Å². The molecule has 0 radical (unpaired) electrons. The van der Waals surface area contributed by atoms with Crippen LogP contribution < -0.4 is 5.32 Å². The molecule has 4 heteroatoms. The number of hydrogen-bond acceptors (Lipinski definition) is 2. The van der Waals surface area contributed by atoms with Crippen LogP contribution in [0.5, 0.6) is 0 Å². The average Bonchev–Trinajstić information content (AvgIpc) is 2.21. The lowest BCUT2D eigenvalue weighted by atomic mass is 10.1. The minimum absolute atomic E-state index is 0.235. The second kappa shape index (κ2) is 5.61. The molecule has 1 N–H and O–H groups in total. The first-order valence-electron chi connectivity index (χ1n) is 5.20. The van der Waals surface area contributed by atoms with Crippen LogP contribution in [0.3, 0.4) is 0 Å². The van der Waals surface area contributed by atoms with Crippen LogP contribution in [0.4, 0.5) is 4.39 Å². The lowest BCUT2D eigenvalue weighted by molar-refractivity contribution is 0.0950. The van der Waals surface area contributed by atoms with Crippen LogP contribution in [0, 0.1) is 12.7 Å². The van der Waals surface area contributed by atoms with Crippen LogP contribution in [0.1, 0.15) is 15.9 Å². The lowest BCUT2D eigenvalue weighted by Crippen LogP contribution is -2.31. The zero-order valence-corrected chi connectivity index (χ0v) is 9.88. The average molecular weight is 224 g/mol. The highest BCUT2D eigenvalue weighted by Crippen LogP contribution is 2.08. The highest BCUT2D eigenvalue weighted by molar-refractivity contribution is 5.94. The molecule has 0 spiro atoms. The molecule has 88 valence electrons. The first-order chi connectivity index (χ1) is 7.50. The first kappa shape index (κ1) is 12.6. The summed E-state index contributed by atoms with van der Waals surface area (Å²) in [6, 6.07) is 4.50. The first-order valence-corrected chi connectivity index (χ1v) is 5.20. The third kappa shape index (κ3) is 3.62. The monoisotopic (exact) mass is 224 g/mol. The molecule has 0 aromatic heterocycles. The Morgan fingerprint density at radius 2 is 2.12 bits per heavy atom. The second-order valence-corrected chi connectivity index (χ2v) is 4.02. The molecule has 0 aliphatic carbocycles. The van der Waals surface area contributed by atoms with Gasteiger partial charge in [-0.1, -0.05) is 6.07 Å². The van der Waals surface area contributed by atoms with E-state index in [0.717, 1.165) is 6.54 Å². The van der Waals surface area contributed by atoms with Gasteiger partial charge in [0.25, 0.3) is 5.91 Å². The molecule has 0 atom stereocenters. The molecule has 3 nitrogen and oxygen atoms in total. The molecule has 0 unspecified atom stereocenters. The van der Waals surface area contributed by atoms with Gasteiger partial charge in [0.05, 0.1) is 0 Å². The molecule has 1 amide bonds. The minimum atomic E-state index is -0.347. The fourth-order valence-corrected chi connectivity index (χ4v) is 1.23. The molecule has 0 saturated carbocycles. The molecule has 0 heterocycles. The Labute approximate surface area is 95.3 Å². The number of rotatable bonds is 4. The van der Waals surface area contributed by atoms with Crippen LogP contribution in [0.15, 0.2) is 18.2 Å². The number of hydrogen-bond donors (Lipinski definition) is 1. The van der Waals surface area contributed by atoms with Crippen molar-refractivity contribution in [2.75, 3.05) is 27.2 Å². The van der Waals surface area contributed by atoms with Crippen molar-refractivity contribution < 1.29 is 9.18 Å². The zero-order chi connectivity index (χ0) is 12.1. The molecule has 1 rings (SSSR count). The van der Waals surface area contributed by atoms with Crippen LogP contribution >= 0.6 is 0 Å². The van der Waals surface area contributed by atoms with Gasteiger partial charge in [0, 0.05) is 18.7 Å². The van der Waals surface area contributed by atoms with E-state index in [2.05, 4.69) is 5.32 Å². The molecular formula is C12H17FN2O. The van der Waals surface area contributed by atoms with Gasteiger partial charge in [0.1, 0.15) is 5.82 Å². The Balaban J connectivity index is 2.56. The molecule has 0 saturated heterocycles. The van der Waals surface area contributed by atoms with Gasteiger partial charge < -0.3 is 10.2 Å². The summed E-state index contributed by atoms with van der Waals surface area (Å²) in [5, 5.41) is 2.73. The Morgan fingerprint density at radius 3 is 2.69 bits per heavy atom. The summed E-state index contributed by atoms with van der Waals surface area (Å²) in [6.45, 7) is 2.99. The van der Waals surface area contributed by atoms with Crippen molar-refractivity contribution in [1.82, 2.24) is 10.2 Å². The maximum absolute atomic E-state index is 13.2. The summed E-state index contributed by atoms with van der Waals surface area (Å²) in [6.07, 6.45) is 0. The van der Waals surface area contributed by atoms with E-state index in [4.69, 9.17) is 0 Å². The van der Waals surface area contributed by atoms with Gasteiger partial charge >= 0.3 is 0 Å². The number of nitrogens with one attached hydrogen (secondary N) is 1.